The number of amides is 1. The molecule has 5 nitrogen and oxygen atoms in total. The number of hydrogen-bond acceptors (Lipinski definition) is 4. The van der Waals surface area contributed by atoms with Crippen molar-refractivity contribution in [1.82, 2.24) is 9.80 Å². The van der Waals surface area contributed by atoms with E-state index in [1.165, 1.54) is 5.56 Å². The van der Waals surface area contributed by atoms with Crippen LogP contribution in [0.15, 0.2) is 24.3 Å². The summed E-state index contributed by atoms with van der Waals surface area (Å²) in [7, 11) is 0. The van der Waals surface area contributed by atoms with Crippen molar-refractivity contribution >= 4 is 5.91 Å². The number of ether oxygens (including phenoxy) is 1. The Balaban J connectivity index is 1.57. The van der Waals surface area contributed by atoms with Crippen molar-refractivity contribution in [3.8, 4) is 0 Å². The van der Waals surface area contributed by atoms with Crippen LogP contribution in [-0.4, -0.2) is 65.8 Å². The molecule has 25 heavy (non-hydrogen) atoms. The number of benzene rings is 1. The molecule has 0 bridgehead atoms. The SMILES string of the molecule is CC1CN(C(=O)c2ccc(CN3CCC(CO)CC3)cc2)C(C)CO1. The normalized spacial score (nSPS) is 26.0. The summed E-state index contributed by atoms with van der Waals surface area (Å²) >= 11 is 0. The number of carbonyl (C=O) groups is 1. The fourth-order valence-corrected chi connectivity index (χ4v) is 3.69. The second-order valence-electron chi connectivity index (χ2n) is 7.55. The third-order valence-electron chi connectivity index (χ3n) is 5.44. The van der Waals surface area contributed by atoms with E-state index >= 15 is 0 Å². The van der Waals surface area contributed by atoms with Gasteiger partial charge in [0.2, 0.25) is 0 Å². The van der Waals surface area contributed by atoms with Gasteiger partial charge in [-0.15, -0.1) is 0 Å². The van der Waals surface area contributed by atoms with Crippen molar-refractivity contribution in [2.24, 2.45) is 5.92 Å². The molecule has 1 amide bonds. The van der Waals surface area contributed by atoms with Gasteiger partial charge in [0.1, 0.15) is 0 Å². The number of piperidine rings is 1. The van der Waals surface area contributed by atoms with Gasteiger partial charge in [-0.3, -0.25) is 9.69 Å². The third kappa shape index (κ3) is 4.60. The minimum Gasteiger partial charge on any atom is -0.396 e. The van der Waals surface area contributed by atoms with E-state index in [1.54, 1.807) is 0 Å². The van der Waals surface area contributed by atoms with Crippen LogP contribution in [0.4, 0.5) is 0 Å². The minimum absolute atomic E-state index is 0.0953. The van der Waals surface area contributed by atoms with Crippen LogP contribution >= 0.6 is 0 Å². The van der Waals surface area contributed by atoms with Crippen molar-refractivity contribution in [1.29, 1.82) is 0 Å². The number of aliphatic hydroxyl groups excluding tert-OH is 1. The van der Waals surface area contributed by atoms with Crippen molar-refractivity contribution in [2.45, 2.75) is 45.4 Å². The number of hydrogen-bond donors (Lipinski definition) is 1. The second kappa shape index (κ2) is 8.30. The highest BCUT2D eigenvalue weighted by Crippen LogP contribution is 2.20. The monoisotopic (exact) mass is 346 g/mol. The third-order valence-corrected chi connectivity index (χ3v) is 5.44. The molecule has 1 aromatic rings. The number of aliphatic hydroxyl groups is 1. The van der Waals surface area contributed by atoms with Crippen molar-refractivity contribution in [3.63, 3.8) is 0 Å². The minimum atomic E-state index is 0.0953. The van der Waals surface area contributed by atoms with Crippen LogP contribution in [0.5, 0.6) is 0 Å². The Morgan fingerprint density at radius 2 is 1.88 bits per heavy atom. The van der Waals surface area contributed by atoms with Gasteiger partial charge in [0.05, 0.1) is 18.8 Å². The zero-order chi connectivity index (χ0) is 17.8. The molecule has 2 aliphatic heterocycles. The number of morpholine rings is 1. The highest BCUT2D eigenvalue weighted by Gasteiger charge is 2.28. The zero-order valence-electron chi connectivity index (χ0n) is 15.4. The summed E-state index contributed by atoms with van der Waals surface area (Å²) < 4.78 is 5.61. The lowest BCUT2D eigenvalue weighted by atomic mass is 9.97. The van der Waals surface area contributed by atoms with E-state index in [1.807, 2.05) is 30.9 Å². The Labute approximate surface area is 150 Å². The van der Waals surface area contributed by atoms with E-state index in [0.717, 1.165) is 38.0 Å². The van der Waals surface area contributed by atoms with Gasteiger partial charge >= 0.3 is 0 Å². The molecule has 2 unspecified atom stereocenters. The van der Waals surface area contributed by atoms with Crippen molar-refractivity contribution in [2.75, 3.05) is 32.8 Å². The predicted octanol–water partition coefficient (Wildman–Crippen LogP) is 2.14. The van der Waals surface area contributed by atoms with Gasteiger partial charge in [0.25, 0.3) is 5.91 Å². The first-order valence-corrected chi connectivity index (χ1v) is 9.41. The summed E-state index contributed by atoms with van der Waals surface area (Å²) in [4.78, 5) is 17.1. The first-order valence-electron chi connectivity index (χ1n) is 9.41. The van der Waals surface area contributed by atoms with Crippen LogP contribution in [-0.2, 0) is 11.3 Å². The maximum Gasteiger partial charge on any atom is 0.254 e. The standard InChI is InChI=1S/C20H30N2O3/c1-15-14-25-16(2)11-22(15)20(24)19-5-3-17(4-6-19)12-21-9-7-18(13-23)8-10-21/h3-6,15-16,18,23H,7-14H2,1-2H3. The Morgan fingerprint density at radius 1 is 1.20 bits per heavy atom. The van der Waals surface area contributed by atoms with Gasteiger partial charge in [-0.05, 0) is 63.4 Å². The number of nitrogens with zero attached hydrogens (tertiary/aromatic N) is 2. The van der Waals surface area contributed by atoms with E-state index in [4.69, 9.17) is 4.74 Å². The highest BCUT2D eigenvalue weighted by molar-refractivity contribution is 5.94. The van der Waals surface area contributed by atoms with Crippen LogP contribution in [0.2, 0.25) is 0 Å². The van der Waals surface area contributed by atoms with Crippen LogP contribution in [0, 0.1) is 5.92 Å². The Hall–Kier alpha value is -1.43. The second-order valence-corrected chi connectivity index (χ2v) is 7.55. The summed E-state index contributed by atoms with van der Waals surface area (Å²) in [5.41, 5.74) is 1.99. The molecule has 2 aliphatic rings. The van der Waals surface area contributed by atoms with E-state index in [9.17, 15) is 9.90 Å². The number of likely N-dealkylation sites (tertiary alicyclic amines) is 1. The average molecular weight is 346 g/mol. The summed E-state index contributed by atoms with van der Waals surface area (Å²) in [5, 5.41) is 9.23. The van der Waals surface area contributed by atoms with Gasteiger partial charge in [-0.1, -0.05) is 12.1 Å². The quantitative estimate of drug-likeness (QED) is 0.908. The molecule has 138 valence electrons. The summed E-state index contributed by atoms with van der Waals surface area (Å²) in [6, 6.07) is 8.16. The largest absolute Gasteiger partial charge is 0.396 e. The molecule has 5 heteroatoms. The van der Waals surface area contributed by atoms with E-state index in [-0.39, 0.29) is 18.1 Å². The summed E-state index contributed by atoms with van der Waals surface area (Å²) in [5.74, 6) is 0.562. The lowest BCUT2D eigenvalue weighted by Gasteiger charge is -2.36. The fourth-order valence-electron chi connectivity index (χ4n) is 3.69. The smallest absolute Gasteiger partial charge is 0.254 e. The molecule has 0 saturated carbocycles. The summed E-state index contributed by atoms with van der Waals surface area (Å²) in [6.45, 7) is 8.60. The molecule has 1 aromatic carbocycles. The molecular weight excluding hydrogens is 316 g/mol. The van der Waals surface area contributed by atoms with E-state index in [2.05, 4.69) is 17.0 Å². The van der Waals surface area contributed by atoms with Gasteiger partial charge in [-0.25, -0.2) is 0 Å². The molecule has 0 aromatic heterocycles. The molecule has 0 radical (unpaired) electrons. The zero-order valence-corrected chi connectivity index (χ0v) is 15.4. The molecule has 3 rings (SSSR count). The maximum absolute atomic E-state index is 12.8. The van der Waals surface area contributed by atoms with Gasteiger partial charge in [-0.2, -0.15) is 0 Å². The van der Waals surface area contributed by atoms with Crippen LogP contribution < -0.4 is 0 Å². The van der Waals surface area contributed by atoms with E-state index in [0.29, 0.717) is 25.7 Å². The van der Waals surface area contributed by atoms with Crippen LogP contribution in [0.3, 0.4) is 0 Å². The van der Waals surface area contributed by atoms with E-state index < -0.39 is 0 Å². The maximum atomic E-state index is 12.8. The topological polar surface area (TPSA) is 53.0 Å². The molecular formula is C20H30N2O3. The van der Waals surface area contributed by atoms with Gasteiger partial charge in [0.15, 0.2) is 0 Å². The lowest BCUT2D eigenvalue weighted by molar-refractivity contribution is -0.0387. The predicted molar refractivity (Wildman–Crippen MR) is 97.4 cm³/mol. The molecule has 2 saturated heterocycles. The Morgan fingerprint density at radius 3 is 2.52 bits per heavy atom. The Bertz CT molecular complexity index is 567. The van der Waals surface area contributed by atoms with Crippen molar-refractivity contribution < 1.29 is 14.6 Å². The Kier molecular flexibility index (Phi) is 6.10. The highest BCUT2D eigenvalue weighted by atomic mass is 16.5. The number of rotatable bonds is 4. The molecule has 2 heterocycles. The fraction of sp³-hybridized carbons (Fsp3) is 0.650. The molecule has 0 aliphatic carbocycles. The molecule has 1 N–H and O–H groups in total. The average Bonchev–Trinajstić information content (AvgIpc) is 2.64. The molecule has 0 spiro atoms. The van der Waals surface area contributed by atoms with Crippen LogP contribution in [0.25, 0.3) is 0 Å². The molecule has 2 fully saturated rings. The first kappa shape index (κ1) is 18.4. The van der Waals surface area contributed by atoms with Gasteiger partial charge < -0.3 is 14.7 Å². The first-order chi connectivity index (χ1) is 12.1. The molecule has 2 atom stereocenters. The van der Waals surface area contributed by atoms with Gasteiger partial charge in [0, 0.05) is 25.3 Å². The van der Waals surface area contributed by atoms with Crippen LogP contribution in [0.1, 0.15) is 42.6 Å². The lowest BCUT2D eigenvalue weighted by Crippen LogP contribution is -2.50. The summed E-state index contributed by atoms with van der Waals surface area (Å²) in [6.07, 6.45) is 2.24. The number of carbonyl (C=O) groups excluding carboxylic acids is 1. The van der Waals surface area contributed by atoms with Crippen molar-refractivity contribution in [3.05, 3.63) is 35.4 Å².